The first-order valence-corrected chi connectivity index (χ1v) is 10.4. The van der Waals surface area contributed by atoms with Gasteiger partial charge in [0.2, 0.25) is 0 Å². The average molecular weight is 401 g/mol. The standard InChI is InChI=1S/C22H32N4O3/c1-6-7-10-25(16-12-21(2,3)24-22(4,5)13-16)20(27)18-14-23-19-9-8-15(26(28)29)11-17(18)19/h8-9,11,14,16,23-24H,6-7,10,12-13H2,1-5H3. The molecule has 1 aliphatic heterocycles. The first-order chi connectivity index (χ1) is 13.5. The number of nitro benzene ring substituents is 1. The topological polar surface area (TPSA) is 91.3 Å². The minimum absolute atomic E-state index is 0.00427. The van der Waals surface area contributed by atoms with Gasteiger partial charge in [0.05, 0.1) is 10.5 Å². The molecule has 7 heteroatoms. The van der Waals surface area contributed by atoms with Crippen molar-refractivity contribution in [3.8, 4) is 0 Å². The molecule has 0 aliphatic carbocycles. The Hall–Kier alpha value is -2.41. The van der Waals surface area contributed by atoms with Crippen LogP contribution in [0.25, 0.3) is 10.9 Å². The third-order valence-electron chi connectivity index (χ3n) is 5.73. The predicted molar refractivity (Wildman–Crippen MR) is 115 cm³/mol. The molecule has 2 N–H and O–H groups in total. The Morgan fingerprint density at radius 2 is 1.90 bits per heavy atom. The summed E-state index contributed by atoms with van der Waals surface area (Å²) in [5, 5.41) is 15.5. The lowest BCUT2D eigenvalue weighted by atomic mass is 9.78. The third-order valence-corrected chi connectivity index (χ3v) is 5.73. The smallest absolute Gasteiger partial charge is 0.270 e. The summed E-state index contributed by atoms with van der Waals surface area (Å²) in [4.78, 5) is 29.5. The largest absolute Gasteiger partial charge is 0.360 e. The van der Waals surface area contributed by atoms with Gasteiger partial charge in [0, 0.05) is 52.9 Å². The number of benzene rings is 1. The number of nitrogens with one attached hydrogen (secondary N) is 2. The normalized spacial score (nSPS) is 18.7. The minimum Gasteiger partial charge on any atom is -0.360 e. The number of non-ortho nitro benzene ring substituents is 1. The van der Waals surface area contributed by atoms with Crippen LogP contribution in [0.3, 0.4) is 0 Å². The Bertz CT molecular complexity index is 900. The molecule has 2 heterocycles. The molecule has 1 aromatic heterocycles. The van der Waals surface area contributed by atoms with E-state index in [4.69, 9.17) is 0 Å². The van der Waals surface area contributed by atoms with Gasteiger partial charge in [0.25, 0.3) is 11.6 Å². The van der Waals surface area contributed by atoms with Gasteiger partial charge in [0.1, 0.15) is 0 Å². The molecule has 1 aromatic carbocycles. The van der Waals surface area contributed by atoms with Gasteiger partial charge in [-0.25, -0.2) is 0 Å². The molecule has 1 fully saturated rings. The molecule has 1 saturated heterocycles. The highest BCUT2D eigenvalue weighted by molar-refractivity contribution is 6.07. The zero-order valence-electron chi connectivity index (χ0n) is 18.0. The number of nitrogens with zero attached hydrogens (tertiary/aromatic N) is 2. The highest BCUT2D eigenvalue weighted by Gasteiger charge is 2.41. The molecule has 1 aliphatic rings. The van der Waals surface area contributed by atoms with Crippen LogP contribution in [0.2, 0.25) is 0 Å². The Labute approximate surface area is 172 Å². The number of fused-ring (bicyclic) bond motifs is 1. The molecule has 0 unspecified atom stereocenters. The second-order valence-electron chi connectivity index (χ2n) is 9.50. The number of aromatic amines is 1. The van der Waals surface area contributed by atoms with Crippen molar-refractivity contribution < 1.29 is 9.72 Å². The van der Waals surface area contributed by atoms with Crippen LogP contribution in [0.4, 0.5) is 5.69 Å². The summed E-state index contributed by atoms with van der Waals surface area (Å²) in [5.41, 5.74) is 1.09. The van der Waals surface area contributed by atoms with Crippen LogP contribution in [-0.2, 0) is 0 Å². The average Bonchev–Trinajstić information content (AvgIpc) is 3.02. The molecule has 158 valence electrons. The van der Waals surface area contributed by atoms with E-state index in [1.165, 1.54) is 12.1 Å². The van der Waals surface area contributed by atoms with Crippen LogP contribution < -0.4 is 5.32 Å². The van der Waals surface area contributed by atoms with Crippen molar-refractivity contribution in [3.63, 3.8) is 0 Å². The Kier molecular flexibility index (Phi) is 5.72. The van der Waals surface area contributed by atoms with Crippen LogP contribution >= 0.6 is 0 Å². The zero-order valence-corrected chi connectivity index (χ0v) is 18.0. The zero-order chi connectivity index (χ0) is 21.4. The number of amides is 1. The monoisotopic (exact) mass is 400 g/mol. The molecule has 0 saturated carbocycles. The van der Waals surface area contributed by atoms with Crippen molar-refractivity contribution >= 4 is 22.5 Å². The van der Waals surface area contributed by atoms with E-state index in [9.17, 15) is 14.9 Å². The summed E-state index contributed by atoms with van der Waals surface area (Å²) in [5.74, 6) is -0.0521. The number of carbonyl (C=O) groups excluding carboxylic acids is 1. The predicted octanol–water partition coefficient (Wildman–Crippen LogP) is 4.63. The minimum atomic E-state index is -0.423. The van der Waals surface area contributed by atoms with Gasteiger partial charge < -0.3 is 15.2 Å². The summed E-state index contributed by atoms with van der Waals surface area (Å²) in [6.07, 6.45) is 5.36. The van der Waals surface area contributed by atoms with E-state index in [1.54, 1.807) is 12.3 Å². The molecule has 1 amide bonds. The van der Waals surface area contributed by atoms with Crippen LogP contribution in [0.5, 0.6) is 0 Å². The van der Waals surface area contributed by atoms with Gasteiger partial charge in [-0.3, -0.25) is 14.9 Å². The summed E-state index contributed by atoms with van der Waals surface area (Å²) >= 11 is 0. The molecule has 0 spiro atoms. The van der Waals surface area contributed by atoms with Crippen molar-refractivity contribution in [2.24, 2.45) is 0 Å². The number of hydrogen-bond acceptors (Lipinski definition) is 4. The maximum atomic E-state index is 13.6. The number of aromatic nitrogens is 1. The fourth-order valence-electron chi connectivity index (χ4n) is 4.82. The number of carbonyl (C=O) groups is 1. The second kappa shape index (κ2) is 7.78. The molecule has 3 rings (SSSR count). The number of hydrogen-bond donors (Lipinski definition) is 2. The van der Waals surface area contributed by atoms with Gasteiger partial charge in [0.15, 0.2) is 0 Å². The molecular weight excluding hydrogens is 368 g/mol. The van der Waals surface area contributed by atoms with Gasteiger partial charge in [-0.05, 0) is 53.0 Å². The van der Waals surface area contributed by atoms with Crippen molar-refractivity contribution in [1.82, 2.24) is 15.2 Å². The van der Waals surface area contributed by atoms with Crippen LogP contribution in [-0.4, -0.2) is 44.4 Å². The lowest BCUT2D eigenvalue weighted by Crippen LogP contribution is -2.62. The lowest BCUT2D eigenvalue weighted by Gasteiger charge is -2.49. The van der Waals surface area contributed by atoms with Crippen LogP contribution in [0.15, 0.2) is 24.4 Å². The summed E-state index contributed by atoms with van der Waals surface area (Å²) in [6, 6.07) is 4.73. The number of piperidine rings is 1. The van der Waals surface area contributed by atoms with E-state index in [2.05, 4.69) is 44.9 Å². The maximum Gasteiger partial charge on any atom is 0.270 e. The summed E-state index contributed by atoms with van der Waals surface area (Å²) in [7, 11) is 0. The Balaban J connectivity index is 1.99. The Morgan fingerprint density at radius 1 is 1.24 bits per heavy atom. The number of H-pyrrole nitrogens is 1. The van der Waals surface area contributed by atoms with Crippen molar-refractivity contribution in [3.05, 3.63) is 40.1 Å². The molecule has 29 heavy (non-hydrogen) atoms. The van der Waals surface area contributed by atoms with Crippen LogP contribution in [0.1, 0.15) is 70.7 Å². The first kappa shape index (κ1) is 21.3. The molecule has 0 atom stereocenters. The highest BCUT2D eigenvalue weighted by atomic mass is 16.6. The van der Waals surface area contributed by atoms with E-state index in [-0.39, 0.29) is 28.7 Å². The van der Waals surface area contributed by atoms with Crippen molar-refractivity contribution in [1.29, 1.82) is 0 Å². The third kappa shape index (κ3) is 4.61. The number of rotatable bonds is 6. The van der Waals surface area contributed by atoms with Crippen molar-refractivity contribution in [2.75, 3.05) is 6.54 Å². The fourth-order valence-corrected chi connectivity index (χ4v) is 4.82. The number of nitro groups is 1. The van der Waals surface area contributed by atoms with Gasteiger partial charge in [-0.2, -0.15) is 0 Å². The summed E-state index contributed by atoms with van der Waals surface area (Å²) < 4.78 is 0. The van der Waals surface area contributed by atoms with Crippen molar-refractivity contribution in [2.45, 2.75) is 77.4 Å². The van der Waals surface area contributed by atoms with E-state index >= 15 is 0 Å². The Morgan fingerprint density at radius 3 is 2.48 bits per heavy atom. The van der Waals surface area contributed by atoms with E-state index in [1.807, 2.05) is 4.90 Å². The van der Waals surface area contributed by atoms with Gasteiger partial charge in [-0.15, -0.1) is 0 Å². The SMILES string of the molecule is CCCCN(C(=O)c1c[nH]c2ccc([N+](=O)[O-])cc12)C1CC(C)(C)NC(C)(C)C1. The lowest BCUT2D eigenvalue weighted by molar-refractivity contribution is -0.384. The molecule has 2 aromatic rings. The second-order valence-corrected chi connectivity index (χ2v) is 9.50. The van der Waals surface area contributed by atoms with E-state index in [0.717, 1.165) is 31.2 Å². The fraction of sp³-hybridized carbons (Fsp3) is 0.591. The molecular formula is C22H32N4O3. The molecule has 7 nitrogen and oxygen atoms in total. The first-order valence-electron chi connectivity index (χ1n) is 10.4. The quantitative estimate of drug-likeness (QED) is 0.546. The van der Waals surface area contributed by atoms with Gasteiger partial charge in [-0.1, -0.05) is 13.3 Å². The highest BCUT2D eigenvalue weighted by Crippen LogP contribution is 2.33. The maximum absolute atomic E-state index is 13.6. The van der Waals surface area contributed by atoms with Gasteiger partial charge >= 0.3 is 0 Å². The van der Waals surface area contributed by atoms with E-state index in [0.29, 0.717) is 17.5 Å². The van der Waals surface area contributed by atoms with E-state index < -0.39 is 4.92 Å². The number of unbranched alkanes of at least 4 members (excludes halogenated alkanes) is 1. The molecule has 0 bridgehead atoms. The summed E-state index contributed by atoms with van der Waals surface area (Å²) in [6.45, 7) is 11.5. The molecule has 0 radical (unpaired) electrons. The van der Waals surface area contributed by atoms with Crippen LogP contribution in [0, 0.1) is 10.1 Å².